The minimum absolute atomic E-state index is 0.0400. The number of nitrogens with zero attached hydrogens (tertiary/aromatic N) is 4. The molecule has 2 heterocycles. The van der Waals surface area contributed by atoms with Crippen LogP contribution in [-0.2, 0) is 16.0 Å². The maximum absolute atomic E-state index is 12.1. The highest BCUT2D eigenvalue weighted by molar-refractivity contribution is 5.79. The lowest BCUT2D eigenvalue weighted by Crippen LogP contribution is -2.36. The Labute approximate surface area is 122 Å². The molecule has 0 saturated heterocycles. The van der Waals surface area contributed by atoms with Gasteiger partial charge in [0.05, 0.1) is 13.0 Å². The van der Waals surface area contributed by atoms with Crippen LogP contribution in [0.2, 0.25) is 0 Å². The molecule has 114 valence electrons. The monoisotopic (exact) mass is 292 g/mol. The number of fused-ring (bicyclic) bond motifs is 1. The number of rotatable bonds is 5. The van der Waals surface area contributed by atoms with Crippen LogP contribution in [0.4, 0.5) is 5.95 Å². The Hall–Kier alpha value is -2.22. The average molecular weight is 292 g/mol. The number of nitrogen functional groups attached to an aromatic ring is 1. The van der Waals surface area contributed by atoms with Crippen LogP contribution in [0.3, 0.4) is 0 Å². The molecule has 0 spiro atoms. The quantitative estimate of drug-likeness (QED) is 0.804. The first-order valence-corrected chi connectivity index (χ1v) is 6.69. The molecule has 1 atom stereocenters. The Kier molecular flexibility index (Phi) is 4.37. The molecule has 1 unspecified atom stereocenters. The van der Waals surface area contributed by atoms with E-state index in [1.807, 2.05) is 20.8 Å². The number of ether oxygens (including phenoxy) is 1. The number of aromatic nitrogens is 4. The predicted molar refractivity (Wildman–Crippen MR) is 77.9 cm³/mol. The van der Waals surface area contributed by atoms with Gasteiger partial charge in [0.1, 0.15) is 0 Å². The van der Waals surface area contributed by atoms with Crippen molar-refractivity contribution in [1.82, 2.24) is 24.9 Å². The lowest BCUT2D eigenvalue weighted by molar-refractivity contribution is -0.121. The highest BCUT2D eigenvalue weighted by Crippen LogP contribution is 2.14. The van der Waals surface area contributed by atoms with Crippen molar-refractivity contribution in [3.05, 3.63) is 17.0 Å². The van der Waals surface area contributed by atoms with E-state index >= 15 is 0 Å². The lowest BCUT2D eigenvalue weighted by Gasteiger charge is -2.14. The summed E-state index contributed by atoms with van der Waals surface area (Å²) in [5, 5.41) is 6.96. The zero-order valence-corrected chi connectivity index (χ0v) is 12.7. The third-order valence-corrected chi connectivity index (χ3v) is 3.23. The second-order valence-electron chi connectivity index (χ2n) is 5.04. The molecule has 0 aliphatic heterocycles. The van der Waals surface area contributed by atoms with Gasteiger partial charge in [-0.25, -0.2) is 4.98 Å². The van der Waals surface area contributed by atoms with Crippen molar-refractivity contribution in [2.24, 2.45) is 0 Å². The second-order valence-corrected chi connectivity index (χ2v) is 5.04. The van der Waals surface area contributed by atoms with Crippen LogP contribution in [0.25, 0.3) is 5.78 Å². The third-order valence-electron chi connectivity index (χ3n) is 3.23. The fraction of sp³-hybridized carbons (Fsp3) is 0.538. The molecule has 1 amide bonds. The van der Waals surface area contributed by atoms with E-state index in [0.717, 1.165) is 17.0 Å². The van der Waals surface area contributed by atoms with Gasteiger partial charge in [-0.05, 0) is 20.8 Å². The normalized spacial score (nSPS) is 12.6. The van der Waals surface area contributed by atoms with Crippen LogP contribution in [-0.4, -0.2) is 45.2 Å². The summed E-state index contributed by atoms with van der Waals surface area (Å²) in [5.74, 6) is 0.528. The fourth-order valence-corrected chi connectivity index (χ4v) is 2.26. The zero-order chi connectivity index (χ0) is 15.6. The molecule has 0 aliphatic rings. The number of hydrogen-bond donors (Lipinski definition) is 2. The summed E-state index contributed by atoms with van der Waals surface area (Å²) >= 11 is 0. The Bertz CT molecular complexity index is 666. The van der Waals surface area contributed by atoms with E-state index in [-0.39, 0.29) is 24.3 Å². The number of methoxy groups -OCH3 is 1. The van der Waals surface area contributed by atoms with E-state index in [1.165, 1.54) is 0 Å². The van der Waals surface area contributed by atoms with Gasteiger partial charge in [0, 0.05) is 30.1 Å². The number of hydrogen-bond acceptors (Lipinski definition) is 6. The first-order chi connectivity index (χ1) is 9.92. The molecule has 0 radical (unpaired) electrons. The maximum atomic E-state index is 12.1. The van der Waals surface area contributed by atoms with E-state index in [1.54, 1.807) is 11.6 Å². The molecule has 0 aliphatic carbocycles. The smallest absolute Gasteiger partial charge is 0.254 e. The standard InChI is InChI=1S/C13H20N6O2/c1-7(6-21-4)15-11(20)5-10-8(2)16-13-17-12(14)18-19(13)9(10)3/h7H,5-6H2,1-4H3,(H2,14,18)(H,15,20). The first kappa shape index (κ1) is 15.2. The van der Waals surface area contributed by atoms with Gasteiger partial charge in [-0.15, -0.1) is 5.10 Å². The number of anilines is 1. The molecule has 0 aromatic carbocycles. The highest BCUT2D eigenvalue weighted by Gasteiger charge is 2.16. The Balaban J connectivity index is 2.23. The summed E-state index contributed by atoms with van der Waals surface area (Å²) in [6, 6.07) is -0.0400. The van der Waals surface area contributed by atoms with Crippen molar-refractivity contribution in [3.8, 4) is 0 Å². The van der Waals surface area contributed by atoms with Crippen molar-refractivity contribution in [1.29, 1.82) is 0 Å². The number of carbonyl (C=O) groups is 1. The molecular formula is C13H20N6O2. The summed E-state index contributed by atoms with van der Waals surface area (Å²) in [5.41, 5.74) is 7.98. The van der Waals surface area contributed by atoms with Crippen LogP contribution in [0.15, 0.2) is 0 Å². The predicted octanol–water partition coefficient (Wildman–Crippen LogP) is 0.0169. The van der Waals surface area contributed by atoms with Crippen LogP contribution >= 0.6 is 0 Å². The first-order valence-electron chi connectivity index (χ1n) is 6.69. The zero-order valence-electron chi connectivity index (χ0n) is 12.7. The van der Waals surface area contributed by atoms with E-state index < -0.39 is 0 Å². The largest absolute Gasteiger partial charge is 0.383 e. The summed E-state index contributed by atoms with van der Waals surface area (Å²) in [7, 11) is 1.60. The van der Waals surface area contributed by atoms with Crippen LogP contribution in [0.5, 0.6) is 0 Å². The molecule has 8 heteroatoms. The van der Waals surface area contributed by atoms with Crippen molar-refractivity contribution in [2.75, 3.05) is 19.5 Å². The minimum atomic E-state index is -0.0833. The average Bonchev–Trinajstić information content (AvgIpc) is 2.75. The highest BCUT2D eigenvalue weighted by atomic mass is 16.5. The topological polar surface area (TPSA) is 107 Å². The molecule has 21 heavy (non-hydrogen) atoms. The van der Waals surface area contributed by atoms with Crippen molar-refractivity contribution < 1.29 is 9.53 Å². The van der Waals surface area contributed by atoms with Crippen LogP contribution in [0.1, 0.15) is 23.9 Å². The molecule has 3 N–H and O–H groups in total. The second kappa shape index (κ2) is 6.04. The van der Waals surface area contributed by atoms with Crippen molar-refractivity contribution in [2.45, 2.75) is 33.2 Å². The number of nitrogens with one attached hydrogen (secondary N) is 1. The van der Waals surface area contributed by atoms with Gasteiger partial charge in [0.2, 0.25) is 11.9 Å². The molecule has 2 aromatic rings. The number of carbonyl (C=O) groups excluding carboxylic acids is 1. The van der Waals surface area contributed by atoms with Gasteiger partial charge in [0.25, 0.3) is 5.78 Å². The van der Waals surface area contributed by atoms with Crippen LogP contribution < -0.4 is 11.1 Å². The van der Waals surface area contributed by atoms with E-state index in [4.69, 9.17) is 10.5 Å². The summed E-state index contributed by atoms with van der Waals surface area (Å²) in [6.45, 7) is 6.08. The van der Waals surface area contributed by atoms with Crippen molar-refractivity contribution >= 4 is 17.6 Å². The van der Waals surface area contributed by atoms with Gasteiger partial charge in [-0.1, -0.05) is 0 Å². The Morgan fingerprint density at radius 3 is 2.81 bits per heavy atom. The molecule has 0 bridgehead atoms. The van der Waals surface area contributed by atoms with Gasteiger partial charge >= 0.3 is 0 Å². The van der Waals surface area contributed by atoms with E-state index in [9.17, 15) is 4.79 Å². The Morgan fingerprint density at radius 2 is 2.14 bits per heavy atom. The van der Waals surface area contributed by atoms with E-state index in [2.05, 4.69) is 20.4 Å². The number of nitrogens with two attached hydrogens (primary N) is 1. The molecule has 2 aromatic heterocycles. The van der Waals surface area contributed by atoms with Gasteiger partial charge in [-0.3, -0.25) is 4.79 Å². The molecule has 2 rings (SSSR count). The van der Waals surface area contributed by atoms with Gasteiger partial charge < -0.3 is 15.8 Å². The van der Waals surface area contributed by atoms with Gasteiger partial charge in [-0.2, -0.15) is 9.50 Å². The number of amides is 1. The number of aryl methyl sites for hydroxylation is 2. The summed E-state index contributed by atoms with van der Waals surface area (Å²) < 4.78 is 6.56. The Morgan fingerprint density at radius 1 is 1.43 bits per heavy atom. The summed E-state index contributed by atoms with van der Waals surface area (Å²) in [4.78, 5) is 20.4. The fourth-order valence-electron chi connectivity index (χ4n) is 2.26. The molecule has 0 saturated carbocycles. The molecular weight excluding hydrogens is 272 g/mol. The maximum Gasteiger partial charge on any atom is 0.254 e. The van der Waals surface area contributed by atoms with Crippen molar-refractivity contribution in [3.63, 3.8) is 0 Å². The summed E-state index contributed by atoms with van der Waals surface area (Å²) in [6.07, 6.45) is 0.231. The minimum Gasteiger partial charge on any atom is -0.383 e. The van der Waals surface area contributed by atoms with Gasteiger partial charge in [0.15, 0.2) is 0 Å². The van der Waals surface area contributed by atoms with Crippen LogP contribution in [0, 0.1) is 13.8 Å². The third kappa shape index (κ3) is 3.27. The molecule has 8 nitrogen and oxygen atoms in total. The SMILES string of the molecule is COCC(C)NC(=O)Cc1c(C)nc2nc(N)nn2c1C. The lowest BCUT2D eigenvalue weighted by atomic mass is 10.1. The van der Waals surface area contributed by atoms with E-state index in [0.29, 0.717) is 12.4 Å². The molecule has 0 fully saturated rings.